The molecule has 5 N–H and O–H groups in total. The molecule has 2 amide bonds. The van der Waals surface area contributed by atoms with Gasteiger partial charge in [0.15, 0.2) is 27.9 Å². The van der Waals surface area contributed by atoms with Crippen LogP contribution in [0.15, 0.2) is 44.5 Å². The summed E-state index contributed by atoms with van der Waals surface area (Å²) < 4.78 is 6.99. The van der Waals surface area contributed by atoms with Gasteiger partial charge in [-0.3, -0.25) is 14.5 Å². The Hall–Kier alpha value is -4.07. The number of nitrogens with one attached hydrogen (secondary N) is 1. The Kier molecular flexibility index (Phi) is 9.23. The molecular formula is C28H29N8O7S4+. The molecular weight excluding hydrogens is 689 g/mol. The van der Waals surface area contributed by atoms with Gasteiger partial charge in [-0.2, -0.15) is 13.9 Å². The van der Waals surface area contributed by atoms with Crippen LogP contribution in [0.3, 0.4) is 0 Å². The average Bonchev–Trinajstić information content (AvgIpc) is 3.80. The second-order valence-corrected chi connectivity index (χ2v) is 15.2. The summed E-state index contributed by atoms with van der Waals surface area (Å²) >= 11 is 5.02. The first-order valence-corrected chi connectivity index (χ1v) is 18.0. The molecule has 47 heavy (non-hydrogen) atoms. The van der Waals surface area contributed by atoms with E-state index >= 15 is 0 Å². The number of thioether (sulfide) groups is 2. The fourth-order valence-electron chi connectivity index (χ4n) is 5.23. The number of amides is 2. The van der Waals surface area contributed by atoms with Crippen molar-refractivity contribution in [3.8, 4) is 0 Å². The van der Waals surface area contributed by atoms with Crippen LogP contribution in [-0.4, -0.2) is 87.4 Å². The first-order chi connectivity index (χ1) is 22.4. The van der Waals surface area contributed by atoms with Crippen molar-refractivity contribution in [3.63, 3.8) is 0 Å². The van der Waals surface area contributed by atoms with Crippen LogP contribution in [0.5, 0.6) is 0 Å². The maximum absolute atomic E-state index is 13.3. The van der Waals surface area contributed by atoms with Gasteiger partial charge in [0, 0.05) is 46.5 Å². The maximum Gasteiger partial charge on any atom is 0.352 e. The Morgan fingerprint density at radius 1 is 1.28 bits per heavy atom. The van der Waals surface area contributed by atoms with Gasteiger partial charge in [-0.25, -0.2) is 14.6 Å². The molecule has 6 rings (SSSR count). The number of carboxylic acid groups (broad SMARTS) is 2. The summed E-state index contributed by atoms with van der Waals surface area (Å²) in [6, 6.07) is 3.15. The lowest BCUT2D eigenvalue weighted by Crippen LogP contribution is -2.71. The van der Waals surface area contributed by atoms with Crippen molar-refractivity contribution >= 4 is 81.0 Å². The number of hydrogen-bond acceptors (Lipinski definition) is 14. The molecule has 19 heteroatoms. The van der Waals surface area contributed by atoms with Gasteiger partial charge in [-0.05, 0) is 38.3 Å². The topological polar surface area (TPSA) is 214 Å². The largest absolute Gasteiger partial charge is 0.478 e. The molecule has 15 nitrogen and oxygen atoms in total. The molecule has 3 aliphatic rings. The minimum Gasteiger partial charge on any atom is -0.478 e. The number of rotatable bonds is 12. The number of hydrogen-bond donors (Lipinski definition) is 4. The molecule has 1 aliphatic carbocycles. The quantitative estimate of drug-likeness (QED) is 0.0689. The van der Waals surface area contributed by atoms with Crippen LogP contribution < -0.4 is 15.6 Å². The fraction of sp³-hybridized carbons (Fsp3) is 0.393. The number of nitrogens with zero attached hydrogens (tertiary/aromatic N) is 6. The van der Waals surface area contributed by atoms with Gasteiger partial charge in [0.1, 0.15) is 22.8 Å². The molecule has 1 saturated heterocycles. The molecule has 3 aromatic heterocycles. The maximum atomic E-state index is 13.3. The number of carbonyl (C=O) groups excluding carboxylic acids is 2. The number of anilines is 1. The highest BCUT2D eigenvalue weighted by atomic mass is 32.2. The third-order valence-corrected chi connectivity index (χ3v) is 11.7. The van der Waals surface area contributed by atoms with Crippen molar-refractivity contribution in [3.05, 3.63) is 57.8 Å². The van der Waals surface area contributed by atoms with Crippen molar-refractivity contribution in [2.45, 2.75) is 61.0 Å². The van der Waals surface area contributed by atoms with Crippen LogP contribution >= 0.6 is 46.4 Å². The van der Waals surface area contributed by atoms with E-state index in [0.717, 1.165) is 40.8 Å². The Morgan fingerprint density at radius 3 is 2.81 bits per heavy atom. The molecule has 3 aromatic rings. The molecule has 2 atom stereocenters. The third-order valence-electron chi connectivity index (χ3n) is 7.66. The van der Waals surface area contributed by atoms with Crippen molar-refractivity contribution in [2.24, 2.45) is 5.16 Å². The van der Waals surface area contributed by atoms with Gasteiger partial charge in [-0.1, -0.05) is 16.9 Å². The van der Waals surface area contributed by atoms with E-state index in [4.69, 9.17) is 15.6 Å². The van der Waals surface area contributed by atoms with E-state index in [1.165, 1.54) is 64.9 Å². The minimum absolute atomic E-state index is 0.0283. The number of aliphatic carboxylic acids is 2. The first kappa shape index (κ1) is 32.9. The Balaban J connectivity index is 1.13. The summed E-state index contributed by atoms with van der Waals surface area (Å²) in [6.07, 6.45) is 5.38. The summed E-state index contributed by atoms with van der Waals surface area (Å²) in [7, 11) is 0. The van der Waals surface area contributed by atoms with Crippen LogP contribution in [-0.2, 0) is 43.4 Å². The highest BCUT2D eigenvalue weighted by Gasteiger charge is 2.54. The molecule has 0 saturated carbocycles. The standard InChI is InChI=1S/C28H28N8O7S4/c1-28(2,25(41)42)43-33-17(20-32-26(29)47-34-20)21(37)31-18-22(38)36-19(24(39)40)14(10-44-23(18)36)11-45-27-30-15(12-46-27)9-35-8-4-6-13-5-3-7-16(13)35/h4,6,8,12,18,23H,3,5,7,9-11H2,1-2H3,(H4-,29,31,32,34,37,39,40,41,42)/p+1/b33-17-/t18-,23?/m1/s1. The van der Waals surface area contributed by atoms with Gasteiger partial charge in [0.05, 0.1) is 0 Å². The van der Waals surface area contributed by atoms with Gasteiger partial charge < -0.3 is 26.1 Å². The third kappa shape index (κ3) is 6.69. The van der Waals surface area contributed by atoms with Gasteiger partial charge in [0.25, 0.3) is 11.8 Å². The summed E-state index contributed by atoms with van der Waals surface area (Å²) in [5.41, 5.74) is 7.50. The first-order valence-electron chi connectivity index (χ1n) is 14.3. The van der Waals surface area contributed by atoms with Gasteiger partial charge >= 0.3 is 11.9 Å². The zero-order valence-electron chi connectivity index (χ0n) is 25.0. The number of nitrogens with two attached hydrogens (primary N) is 1. The van der Waals surface area contributed by atoms with Crippen LogP contribution in [0.25, 0.3) is 0 Å². The van der Waals surface area contributed by atoms with Gasteiger partial charge in [0.2, 0.25) is 17.1 Å². The average molecular weight is 718 g/mol. The molecule has 0 aromatic carbocycles. The summed E-state index contributed by atoms with van der Waals surface area (Å²) in [5, 5.41) is 27.0. The van der Waals surface area contributed by atoms with Crippen molar-refractivity contribution in [1.82, 2.24) is 24.6 Å². The van der Waals surface area contributed by atoms with E-state index in [1.807, 2.05) is 5.38 Å². The molecule has 1 fully saturated rings. The Morgan fingerprint density at radius 2 is 2.09 bits per heavy atom. The Labute approximate surface area is 284 Å². The highest BCUT2D eigenvalue weighted by Crippen LogP contribution is 2.42. The number of oxime groups is 1. The molecule has 0 radical (unpaired) electrons. The minimum atomic E-state index is -1.79. The molecule has 2 aliphatic heterocycles. The smallest absolute Gasteiger partial charge is 0.352 e. The summed E-state index contributed by atoms with van der Waals surface area (Å²) in [5.74, 6) is -3.67. The lowest BCUT2D eigenvalue weighted by Gasteiger charge is -2.49. The normalized spacial score (nSPS) is 19.2. The monoisotopic (exact) mass is 717 g/mol. The van der Waals surface area contributed by atoms with E-state index in [-0.39, 0.29) is 16.7 Å². The van der Waals surface area contributed by atoms with E-state index in [2.05, 4.69) is 42.7 Å². The lowest BCUT2D eigenvalue weighted by molar-refractivity contribution is -0.695. The van der Waals surface area contributed by atoms with Crippen molar-refractivity contribution < 1.29 is 38.8 Å². The number of carboxylic acids is 2. The molecule has 1 unspecified atom stereocenters. The van der Waals surface area contributed by atoms with E-state index in [1.54, 1.807) is 0 Å². The van der Waals surface area contributed by atoms with Crippen LogP contribution in [0.2, 0.25) is 0 Å². The number of carbonyl (C=O) groups is 4. The van der Waals surface area contributed by atoms with Gasteiger partial charge in [-0.15, -0.1) is 23.1 Å². The highest BCUT2D eigenvalue weighted by molar-refractivity contribution is 8.01. The second kappa shape index (κ2) is 13.2. The number of fused-ring (bicyclic) bond motifs is 2. The molecule has 0 bridgehead atoms. The molecule has 5 heterocycles. The lowest BCUT2D eigenvalue weighted by atomic mass is 10.0. The number of aryl methyl sites for hydroxylation is 1. The number of pyridine rings is 1. The van der Waals surface area contributed by atoms with Crippen LogP contribution in [0.4, 0.5) is 5.13 Å². The predicted octanol–water partition coefficient (Wildman–Crippen LogP) is 1.52. The van der Waals surface area contributed by atoms with E-state index in [0.29, 0.717) is 23.6 Å². The van der Waals surface area contributed by atoms with Crippen LogP contribution in [0, 0.1) is 0 Å². The number of β-lactam (4-membered cyclic amide) rings is 1. The molecule has 0 spiro atoms. The number of thiazole rings is 1. The number of nitrogen functional groups attached to an aromatic ring is 1. The SMILES string of the molecule is CC(C)(O/N=C(\C(=O)N[C@@H]1C(=O)N2C(C(=O)O)=C(CSc3nc(C[n+]4cccc5c4CCC5)cs3)CSC12)c1nsc(N)n1)C(=O)O. The van der Waals surface area contributed by atoms with Crippen molar-refractivity contribution in [1.29, 1.82) is 0 Å². The van der Waals surface area contributed by atoms with Crippen LogP contribution in [0.1, 0.15) is 43.0 Å². The zero-order chi connectivity index (χ0) is 33.5. The Bertz CT molecular complexity index is 1840. The molecule has 246 valence electrons. The zero-order valence-corrected chi connectivity index (χ0v) is 28.3. The van der Waals surface area contributed by atoms with Crippen molar-refractivity contribution in [2.75, 3.05) is 17.2 Å². The summed E-state index contributed by atoms with van der Waals surface area (Å²) in [6.45, 7) is 3.14. The van der Waals surface area contributed by atoms with E-state index < -0.39 is 46.5 Å². The van der Waals surface area contributed by atoms with E-state index in [9.17, 15) is 29.4 Å². The predicted molar refractivity (Wildman–Crippen MR) is 174 cm³/mol. The fourth-order valence-corrected chi connectivity index (χ4v) is 8.98. The number of aromatic nitrogens is 4. The summed E-state index contributed by atoms with van der Waals surface area (Å²) in [4.78, 5) is 65.4. The second-order valence-electron chi connectivity index (χ2n) is 11.3.